The molecule has 0 bridgehead atoms. The molecule has 1 heterocycles. The van der Waals surface area contributed by atoms with Gasteiger partial charge in [-0.1, -0.05) is 34.8 Å². The summed E-state index contributed by atoms with van der Waals surface area (Å²) < 4.78 is 9.04. The number of carbonyl (C=O) groups is 2. The Bertz CT molecular complexity index is 983. The van der Waals surface area contributed by atoms with Gasteiger partial charge in [-0.25, -0.2) is 0 Å². The van der Waals surface area contributed by atoms with E-state index in [0.717, 1.165) is 11.5 Å². The third-order valence-corrected chi connectivity index (χ3v) is 4.77. The molecule has 156 valence electrons. The van der Waals surface area contributed by atoms with Gasteiger partial charge in [0.2, 0.25) is 5.91 Å². The molecule has 1 N–H and O–H groups in total. The molecule has 0 unspecified atom stereocenters. The smallest absolute Gasteiger partial charge is 0.280 e. The van der Waals surface area contributed by atoms with Crippen LogP contribution in [0.1, 0.15) is 42.9 Å². The Morgan fingerprint density at radius 1 is 1.07 bits per heavy atom. The number of rotatable bonds is 6. The Morgan fingerprint density at radius 2 is 1.73 bits per heavy atom. The first-order chi connectivity index (χ1) is 14.3. The van der Waals surface area contributed by atoms with Crippen LogP contribution in [0.5, 0.6) is 5.75 Å². The Balaban J connectivity index is 2.14. The first-order valence-corrected chi connectivity index (χ1v) is 10.3. The number of nitrogens with zero attached hydrogens (tertiary/aromatic N) is 3. The van der Waals surface area contributed by atoms with Crippen LogP contribution in [0.3, 0.4) is 0 Å². The van der Waals surface area contributed by atoms with Crippen molar-refractivity contribution in [3.63, 3.8) is 0 Å². The molecule has 2 aromatic carbocycles. The summed E-state index contributed by atoms with van der Waals surface area (Å²) in [5.41, 5.74) is 0.944. The van der Waals surface area contributed by atoms with Gasteiger partial charge in [0.1, 0.15) is 11.8 Å². The Hall–Kier alpha value is -3.26. The van der Waals surface area contributed by atoms with Gasteiger partial charge in [-0.05, 0) is 62.1 Å². The fourth-order valence-corrected chi connectivity index (χ4v) is 3.43. The maximum Gasteiger partial charge on any atom is 0.280 e. The van der Waals surface area contributed by atoms with E-state index < -0.39 is 17.5 Å². The normalized spacial score (nSPS) is 12.1. The zero-order valence-corrected chi connectivity index (χ0v) is 18.1. The highest BCUT2D eigenvalue weighted by molar-refractivity contribution is 7.03. The van der Waals surface area contributed by atoms with E-state index in [4.69, 9.17) is 4.74 Å². The zero-order valence-electron chi connectivity index (χ0n) is 17.3. The predicted octanol–water partition coefficient (Wildman–Crippen LogP) is 3.85. The van der Waals surface area contributed by atoms with Crippen molar-refractivity contribution in [3.05, 3.63) is 71.2 Å². The fraction of sp³-hybridized carbons (Fsp3) is 0.273. The summed E-state index contributed by atoms with van der Waals surface area (Å²) in [5, 5.41) is 8.50. The van der Waals surface area contributed by atoms with Gasteiger partial charge < -0.3 is 10.1 Å². The van der Waals surface area contributed by atoms with E-state index in [1.807, 2.05) is 51.1 Å². The van der Waals surface area contributed by atoms with Crippen LogP contribution in [-0.4, -0.2) is 34.1 Å². The number of anilines is 1. The average molecular weight is 425 g/mol. The molecule has 0 saturated heterocycles. The van der Waals surface area contributed by atoms with Gasteiger partial charge in [-0.15, -0.1) is 5.10 Å². The van der Waals surface area contributed by atoms with Gasteiger partial charge >= 0.3 is 0 Å². The standard InChI is InChI=1S/C22H24N4O3S/c1-22(2,3)23-20(27)19(15-8-6-5-7-9-15)26(21(28)18-14-30-25-24-18)16-10-12-17(29-4)13-11-16/h5-14,19H,1-4H3,(H,23,27)/t19-/m0/s1. The minimum Gasteiger partial charge on any atom is -0.497 e. The molecule has 0 aliphatic rings. The van der Waals surface area contributed by atoms with E-state index >= 15 is 0 Å². The number of ether oxygens (including phenoxy) is 1. The molecule has 0 aliphatic heterocycles. The second-order valence-corrected chi connectivity index (χ2v) is 8.33. The maximum absolute atomic E-state index is 13.5. The van der Waals surface area contributed by atoms with E-state index in [1.165, 1.54) is 4.90 Å². The van der Waals surface area contributed by atoms with Gasteiger partial charge in [0, 0.05) is 16.6 Å². The molecule has 1 aromatic heterocycles. The van der Waals surface area contributed by atoms with Crippen LogP contribution in [0, 0.1) is 0 Å². The van der Waals surface area contributed by atoms with E-state index in [-0.39, 0.29) is 11.6 Å². The number of hydrogen-bond acceptors (Lipinski definition) is 6. The lowest BCUT2D eigenvalue weighted by Gasteiger charge is -2.33. The molecule has 3 aromatic rings. The second kappa shape index (κ2) is 9.04. The van der Waals surface area contributed by atoms with Crippen molar-refractivity contribution in [2.45, 2.75) is 32.4 Å². The molecule has 2 amide bonds. The summed E-state index contributed by atoms with van der Waals surface area (Å²) in [5.74, 6) is -0.0511. The van der Waals surface area contributed by atoms with Crippen molar-refractivity contribution in [3.8, 4) is 5.75 Å². The van der Waals surface area contributed by atoms with Crippen LogP contribution >= 0.6 is 11.5 Å². The topological polar surface area (TPSA) is 84.4 Å². The summed E-state index contributed by atoms with van der Waals surface area (Å²) in [6.07, 6.45) is 0. The number of benzene rings is 2. The van der Waals surface area contributed by atoms with Crippen LogP contribution in [0.25, 0.3) is 0 Å². The van der Waals surface area contributed by atoms with Crippen molar-refractivity contribution in [2.75, 3.05) is 12.0 Å². The number of hydrogen-bond donors (Lipinski definition) is 1. The summed E-state index contributed by atoms with van der Waals surface area (Å²) >= 11 is 1.08. The molecule has 0 fully saturated rings. The number of aromatic nitrogens is 2. The van der Waals surface area contributed by atoms with Gasteiger partial charge in [0.05, 0.1) is 7.11 Å². The third-order valence-electron chi connectivity index (χ3n) is 4.27. The van der Waals surface area contributed by atoms with Crippen molar-refractivity contribution in [2.24, 2.45) is 0 Å². The zero-order chi connectivity index (χ0) is 21.7. The monoisotopic (exact) mass is 424 g/mol. The van der Waals surface area contributed by atoms with E-state index in [1.54, 1.807) is 36.8 Å². The summed E-state index contributed by atoms with van der Waals surface area (Å²) in [7, 11) is 1.57. The number of amides is 2. The first-order valence-electron chi connectivity index (χ1n) is 9.42. The van der Waals surface area contributed by atoms with Crippen LogP contribution in [0.15, 0.2) is 60.0 Å². The molecule has 0 radical (unpaired) electrons. The molecule has 0 spiro atoms. The van der Waals surface area contributed by atoms with E-state index in [0.29, 0.717) is 17.0 Å². The van der Waals surface area contributed by atoms with Crippen LogP contribution in [0.2, 0.25) is 0 Å². The molecular weight excluding hydrogens is 400 g/mol. The average Bonchev–Trinajstić information content (AvgIpc) is 3.26. The summed E-state index contributed by atoms with van der Waals surface area (Å²) in [4.78, 5) is 28.3. The lowest BCUT2D eigenvalue weighted by molar-refractivity contribution is -0.123. The van der Waals surface area contributed by atoms with Gasteiger partial charge in [0.15, 0.2) is 5.69 Å². The third kappa shape index (κ3) is 5.01. The van der Waals surface area contributed by atoms with Crippen molar-refractivity contribution in [1.82, 2.24) is 14.9 Å². The largest absolute Gasteiger partial charge is 0.497 e. The van der Waals surface area contributed by atoms with Crippen molar-refractivity contribution >= 4 is 29.0 Å². The van der Waals surface area contributed by atoms with Gasteiger partial charge in [-0.3, -0.25) is 14.5 Å². The minimum atomic E-state index is -0.895. The van der Waals surface area contributed by atoms with Crippen LogP contribution in [0.4, 0.5) is 5.69 Å². The Kier molecular flexibility index (Phi) is 6.47. The number of methoxy groups -OCH3 is 1. The van der Waals surface area contributed by atoms with Crippen molar-refractivity contribution in [1.29, 1.82) is 0 Å². The quantitative estimate of drug-likeness (QED) is 0.650. The van der Waals surface area contributed by atoms with Crippen LogP contribution < -0.4 is 15.0 Å². The lowest BCUT2D eigenvalue weighted by Crippen LogP contribution is -2.49. The van der Waals surface area contributed by atoms with Crippen molar-refractivity contribution < 1.29 is 14.3 Å². The Morgan fingerprint density at radius 3 is 2.27 bits per heavy atom. The molecule has 30 heavy (non-hydrogen) atoms. The number of nitrogens with one attached hydrogen (secondary N) is 1. The van der Waals surface area contributed by atoms with E-state index in [2.05, 4.69) is 14.9 Å². The summed E-state index contributed by atoms with van der Waals surface area (Å²) in [6.45, 7) is 5.70. The van der Waals surface area contributed by atoms with Gasteiger partial charge in [0.25, 0.3) is 5.91 Å². The predicted molar refractivity (Wildman–Crippen MR) is 117 cm³/mol. The highest BCUT2D eigenvalue weighted by atomic mass is 32.1. The lowest BCUT2D eigenvalue weighted by atomic mass is 10.0. The molecule has 0 aliphatic carbocycles. The van der Waals surface area contributed by atoms with Crippen LogP contribution in [-0.2, 0) is 4.79 Å². The van der Waals surface area contributed by atoms with Gasteiger partial charge in [-0.2, -0.15) is 0 Å². The fourth-order valence-electron chi connectivity index (χ4n) is 3.00. The molecule has 3 rings (SSSR count). The Labute approximate surface area is 179 Å². The second-order valence-electron chi connectivity index (χ2n) is 7.72. The molecule has 7 nitrogen and oxygen atoms in total. The minimum absolute atomic E-state index is 0.181. The highest BCUT2D eigenvalue weighted by Gasteiger charge is 2.35. The molecule has 0 saturated carbocycles. The SMILES string of the molecule is COc1ccc(N(C(=O)c2csnn2)[C@H](C(=O)NC(C)(C)C)c2ccccc2)cc1. The van der Waals surface area contributed by atoms with E-state index in [9.17, 15) is 9.59 Å². The highest BCUT2D eigenvalue weighted by Crippen LogP contribution is 2.31. The summed E-state index contributed by atoms with van der Waals surface area (Å²) in [6, 6.07) is 15.3. The number of carbonyl (C=O) groups excluding carboxylic acids is 2. The molecular formula is C22H24N4O3S. The maximum atomic E-state index is 13.5. The molecule has 8 heteroatoms. The first kappa shape index (κ1) is 21.4. The molecule has 1 atom stereocenters.